The smallest absolute Gasteiger partial charge is 0.0204 e. The first kappa shape index (κ1) is 12.6. The molecule has 0 amide bonds. The first-order chi connectivity index (χ1) is 8.28. The van der Waals surface area contributed by atoms with Gasteiger partial charge in [-0.15, -0.1) is 0 Å². The Kier molecular flexibility index (Phi) is 4.57. The molecule has 0 aliphatic carbocycles. The van der Waals surface area contributed by atoms with E-state index in [0.717, 1.165) is 5.92 Å². The van der Waals surface area contributed by atoms with Gasteiger partial charge in [0.25, 0.3) is 0 Å². The number of nitrogens with zero attached hydrogens (tertiary/aromatic N) is 1. The van der Waals surface area contributed by atoms with Gasteiger partial charge < -0.3 is 10.2 Å². The Labute approximate surface area is 105 Å². The predicted octanol–water partition coefficient (Wildman–Crippen LogP) is 2.16. The van der Waals surface area contributed by atoms with Crippen LogP contribution < -0.4 is 5.32 Å². The molecule has 1 aromatic rings. The summed E-state index contributed by atoms with van der Waals surface area (Å²) in [7, 11) is 2.07. The van der Waals surface area contributed by atoms with Crippen molar-refractivity contribution < 1.29 is 0 Å². The number of nitrogens with one attached hydrogen (secondary N) is 1. The lowest BCUT2D eigenvalue weighted by atomic mass is 10.0. The second-order valence-corrected chi connectivity index (χ2v) is 5.33. The minimum atomic E-state index is 0.707. The van der Waals surface area contributed by atoms with E-state index < -0.39 is 0 Å². The lowest BCUT2D eigenvalue weighted by molar-refractivity contribution is 0.281. The Morgan fingerprint density at radius 3 is 2.76 bits per heavy atom. The summed E-state index contributed by atoms with van der Waals surface area (Å²) >= 11 is 0. The highest BCUT2D eigenvalue weighted by atomic mass is 15.2. The van der Waals surface area contributed by atoms with Crippen molar-refractivity contribution in [1.29, 1.82) is 0 Å². The molecule has 2 rings (SSSR count). The monoisotopic (exact) mass is 232 g/mol. The van der Waals surface area contributed by atoms with Gasteiger partial charge in [0.1, 0.15) is 0 Å². The van der Waals surface area contributed by atoms with Crippen LogP contribution in [0.2, 0.25) is 0 Å². The SMILES string of the molecule is CN[C@H]1CCN(C[C@H](C)Cc2ccccc2)C1. The molecule has 0 radical (unpaired) electrons. The van der Waals surface area contributed by atoms with E-state index in [-0.39, 0.29) is 0 Å². The molecule has 1 aliphatic heterocycles. The van der Waals surface area contributed by atoms with E-state index in [1.165, 1.54) is 38.0 Å². The summed E-state index contributed by atoms with van der Waals surface area (Å²) < 4.78 is 0. The largest absolute Gasteiger partial charge is 0.316 e. The zero-order valence-electron chi connectivity index (χ0n) is 11.0. The van der Waals surface area contributed by atoms with Gasteiger partial charge in [-0.05, 0) is 37.9 Å². The van der Waals surface area contributed by atoms with Crippen LogP contribution in [-0.2, 0) is 6.42 Å². The number of hydrogen-bond donors (Lipinski definition) is 1. The van der Waals surface area contributed by atoms with Gasteiger partial charge in [0.2, 0.25) is 0 Å². The van der Waals surface area contributed by atoms with Gasteiger partial charge in [-0.3, -0.25) is 0 Å². The van der Waals surface area contributed by atoms with Crippen LogP contribution in [0.1, 0.15) is 18.9 Å². The third-order valence-electron chi connectivity index (χ3n) is 3.68. The normalized spacial score (nSPS) is 22.8. The van der Waals surface area contributed by atoms with Crippen molar-refractivity contribution in [3.8, 4) is 0 Å². The molecule has 1 N–H and O–H groups in total. The standard InChI is InChI=1S/C15H24N2/c1-13(10-14-6-4-3-5-7-14)11-17-9-8-15(12-17)16-2/h3-7,13,15-16H,8-12H2,1-2H3/t13-,15+/m1/s1. The van der Waals surface area contributed by atoms with E-state index in [2.05, 4.69) is 54.5 Å². The van der Waals surface area contributed by atoms with Crippen LogP contribution in [0.15, 0.2) is 30.3 Å². The summed E-state index contributed by atoms with van der Waals surface area (Å²) in [6.07, 6.45) is 2.50. The first-order valence-electron chi connectivity index (χ1n) is 6.71. The molecule has 17 heavy (non-hydrogen) atoms. The van der Waals surface area contributed by atoms with Gasteiger partial charge in [-0.25, -0.2) is 0 Å². The highest BCUT2D eigenvalue weighted by Crippen LogP contribution is 2.14. The molecule has 2 atom stereocenters. The third kappa shape index (κ3) is 3.83. The number of benzene rings is 1. The van der Waals surface area contributed by atoms with Crippen LogP contribution in [-0.4, -0.2) is 37.6 Å². The van der Waals surface area contributed by atoms with E-state index in [1.54, 1.807) is 0 Å². The third-order valence-corrected chi connectivity index (χ3v) is 3.68. The molecular weight excluding hydrogens is 208 g/mol. The van der Waals surface area contributed by atoms with Crippen molar-refractivity contribution in [1.82, 2.24) is 10.2 Å². The molecular formula is C15H24N2. The fraction of sp³-hybridized carbons (Fsp3) is 0.600. The van der Waals surface area contributed by atoms with Crippen molar-refractivity contribution in [3.63, 3.8) is 0 Å². The van der Waals surface area contributed by atoms with E-state index in [0.29, 0.717) is 6.04 Å². The van der Waals surface area contributed by atoms with Crippen molar-refractivity contribution in [3.05, 3.63) is 35.9 Å². The Balaban J connectivity index is 1.76. The zero-order valence-corrected chi connectivity index (χ0v) is 11.0. The van der Waals surface area contributed by atoms with Crippen LogP contribution in [0.4, 0.5) is 0 Å². The van der Waals surface area contributed by atoms with Gasteiger partial charge in [0.05, 0.1) is 0 Å². The minimum absolute atomic E-state index is 0.707. The van der Waals surface area contributed by atoms with Gasteiger partial charge >= 0.3 is 0 Å². The molecule has 1 aliphatic rings. The molecule has 2 heteroatoms. The Hall–Kier alpha value is -0.860. The Morgan fingerprint density at radius 2 is 2.12 bits per heavy atom. The van der Waals surface area contributed by atoms with E-state index >= 15 is 0 Å². The quantitative estimate of drug-likeness (QED) is 0.837. The maximum atomic E-state index is 3.38. The summed E-state index contributed by atoms with van der Waals surface area (Å²) in [5.41, 5.74) is 1.46. The lowest BCUT2D eigenvalue weighted by Gasteiger charge is -2.20. The number of rotatable bonds is 5. The maximum Gasteiger partial charge on any atom is 0.0204 e. The molecule has 94 valence electrons. The number of hydrogen-bond acceptors (Lipinski definition) is 2. The first-order valence-corrected chi connectivity index (χ1v) is 6.71. The molecule has 1 aromatic carbocycles. The second kappa shape index (κ2) is 6.18. The molecule has 1 heterocycles. The van der Waals surface area contributed by atoms with Crippen molar-refractivity contribution in [2.24, 2.45) is 5.92 Å². The van der Waals surface area contributed by atoms with Crippen LogP contribution in [0, 0.1) is 5.92 Å². The number of likely N-dealkylation sites (tertiary alicyclic amines) is 1. The van der Waals surface area contributed by atoms with Gasteiger partial charge in [-0.1, -0.05) is 37.3 Å². The van der Waals surface area contributed by atoms with Crippen LogP contribution in [0.25, 0.3) is 0 Å². The molecule has 1 saturated heterocycles. The second-order valence-electron chi connectivity index (χ2n) is 5.33. The molecule has 1 fully saturated rings. The average Bonchev–Trinajstić information content (AvgIpc) is 2.78. The fourth-order valence-electron chi connectivity index (χ4n) is 2.76. The molecule has 0 bridgehead atoms. The predicted molar refractivity (Wildman–Crippen MR) is 73.2 cm³/mol. The van der Waals surface area contributed by atoms with Crippen LogP contribution in [0.5, 0.6) is 0 Å². The van der Waals surface area contributed by atoms with E-state index in [9.17, 15) is 0 Å². The maximum absolute atomic E-state index is 3.38. The molecule has 0 unspecified atom stereocenters. The van der Waals surface area contributed by atoms with Crippen molar-refractivity contribution in [2.75, 3.05) is 26.7 Å². The summed E-state index contributed by atoms with van der Waals surface area (Å²) in [5.74, 6) is 0.744. The van der Waals surface area contributed by atoms with E-state index in [4.69, 9.17) is 0 Å². The number of likely N-dealkylation sites (N-methyl/N-ethyl adjacent to an activating group) is 1. The lowest BCUT2D eigenvalue weighted by Crippen LogP contribution is -2.32. The molecule has 0 spiro atoms. The average molecular weight is 232 g/mol. The molecule has 2 nitrogen and oxygen atoms in total. The van der Waals surface area contributed by atoms with Crippen molar-refractivity contribution >= 4 is 0 Å². The molecule has 0 aromatic heterocycles. The Bertz CT molecular complexity index is 323. The summed E-state index contributed by atoms with van der Waals surface area (Å²) in [4.78, 5) is 2.59. The highest BCUT2D eigenvalue weighted by Gasteiger charge is 2.21. The van der Waals surface area contributed by atoms with Crippen LogP contribution >= 0.6 is 0 Å². The highest BCUT2D eigenvalue weighted by molar-refractivity contribution is 5.15. The van der Waals surface area contributed by atoms with Crippen molar-refractivity contribution in [2.45, 2.75) is 25.8 Å². The fourth-order valence-corrected chi connectivity index (χ4v) is 2.76. The zero-order chi connectivity index (χ0) is 12.1. The van der Waals surface area contributed by atoms with Crippen LogP contribution in [0.3, 0.4) is 0 Å². The summed E-state index contributed by atoms with van der Waals surface area (Å²) in [6.45, 7) is 6.06. The van der Waals surface area contributed by atoms with E-state index in [1.807, 2.05) is 0 Å². The van der Waals surface area contributed by atoms with Gasteiger partial charge in [0.15, 0.2) is 0 Å². The van der Waals surface area contributed by atoms with Gasteiger partial charge in [0, 0.05) is 19.1 Å². The topological polar surface area (TPSA) is 15.3 Å². The molecule has 0 saturated carbocycles. The summed E-state index contributed by atoms with van der Waals surface area (Å²) in [6, 6.07) is 11.5. The van der Waals surface area contributed by atoms with Gasteiger partial charge in [-0.2, -0.15) is 0 Å². The minimum Gasteiger partial charge on any atom is -0.316 e. The Morgan fingerprint density at radius 1 is 1.35 bits per heavy atom. The summed E-state index contributed by atoms with van der Waals surface area (Å²) in [5, 5.41) is 3.38.